The number of amides is 3. The highest BCUT2D eigenvalue weighted by Gasteiger charge is 2.75. The zero-order valence-corrected chi connectivity index (χ0v) is 32.0. The Labute approximate surface area is 314 Å². The molecule has 0 saturated carbocycles. The molecule has 5 bridgehead atoms. The molecule has 12 heteroatoms. The van der Waals surface area contributed by atoms with E-state index in [2.05, 4.69) is 40.0 Å². The Hall–Kier alpha value is -4.00. The topological polar surface area (TPSA) is 129 Å². The molecule has 2 saturated heterocycles. The number of fused-ring (bicyclic) bond motifs is 2. The predicted molar refractivity (Wildman–Crippen MR) is 202 cm³/mol. The van der Waals surface area contributed by atoms with Crippen LogP contribution in [0.3, 0.4) is 0 Å². The Kier molecular flexibility index (Phi) is 11.3. The highest BCUT2D eigenvalue weighted by Crippen LogP contribution is 2.59. The van der Waals surface area contributed by atoms with E-state index in [0.29, 0.717) is 22.2 Å². The van der Waals surface area contributed by atoms with Crippen molar-refractivity contribution < 1.29 is 33.8 Å². The van der Waals surface area contributed by atoms with Gasteiger partial charge in [-0.05, 0) is 69.0 Å². The molecule has 2 aromatic rings. The lowest BCUT2D eigenvalue weighted by atomic mass is 9.74. The number of anilines is 2. The van der Waals surface area contributed by atoms with E-state index in [1.54, 1.807) is 17.9 Å². The monoisotopic (exact) mass is 776 g/mol. The van der Waals surface area contributed by atoms with Crippen LogP contribution in [0.5, 0.6) is 0 Å². The summed E-state index contributed by atoms with van der Waals surface area (Å²) >= 11 is 3.63. The molecule has 11 nitrogen and oxygen atoms in total. The van der Waals surface area contributed by atoms with Gasteiger partial charge in [0.1, 0.15) is 29.8 Å². The number of ether oxygens (including phenoxy) is 2. The molecule has 3 amide bonds. The van der Waals surface area contributed by atoms with Crippen molar-refractivity contribution in [1.82, 2.24) is 10.2 Å². The number of allylic oxidation sites excluding steroid dienone is 1. The van der Waals surface area contributed by atoms with E-state index in [9.17, 15) is 19.5 Å². The van der Waals surface area contributed by atoms with Crippen molar-refractivity contribution in [2.24, 2.45) is 17.8 Å². The van der Waals surface area contributed by atoms with E-state index in [1.807, 2.05) is 80.6 Å². The summed E-state index contributed by atoms with van der Waals surface area (Å²) in [5.41, 5.74) is 0.802. The van der Waals surface area contributed by atoms with Crippen LogP contribution in [-0.2, 0) is 28.7 Å². The van der Waals surface area contributed by atoms with Crippen LogP contribution in [0.1, 0.15) is 59.1 Å². The zero-order valence-electron chi connectivity index (χ0n) is 30.4. The van der Waals surface area contributed by atoms with Gasteiger partial charge < -0.3 is 34.6 Å². The standard InChI is InChI=1S/C40H49BrN4O7/c1-6-43(7-2)27-17-19-28(20-18-27)44-21-13-9-12-16-31(47)42-25(5)34(26-14-10-8-11-15-26)51-39(50)32-33-37(48)45(30(23-46)24(3)4)36(38(44)49)40(33)22-29(41)35(32)52-40/h8-11,13-15,17-20,22,24-25,30,32-36,46H,6-7,12,16,21,23H2,1-5H3,(H,42,47)/b13-9-/t25-,30-,32+,33-,34+,35+,36+,40-/m0/s1. The van der Waals surface area contributed by atoms with Gasteiger partial charge in [-0.3, -0.25) is 19.2 Å². The highest BCUT2D eigenvalue weighted by molar-refractivity contribution is 9.11. The van der Waals surface area contributed by atoms with E-state index in [1.165, 1.54) is 4.90 Å². The molecule has 0 unspecified atom stereocenters. The molecule has 1 spiro atoms. The van der Waals surface area contributed by atoms with E-state index in [4.69, 9.17) is 9.47 Å². The number of benzene rings is 2. The fourth-order valence-corrected chi connectivity index (χ4v) is 9.04. The summed E-state index contributed by atoms with van der Waals surface area (Å²) in [6.45, 7) is 11.2. The Morgan fingerprint density at radius 1 is 0.981 bits per heavy atom. The fourth-order valence-electron chi connectivity index (χ4n) is 8.30. The van der Waals surface area contributed by atoms with Crippen molar-refractivity contribution in [3.63, 3.8) is 0 Å². The van der Waals surface area contributed by atoms with Crippen LogP contribution in [0.2, 0.25) is 0 Å². The molecule has 2 fully saturated rings. The minimum atomic E-state index is -1.51. The first kappa shape index (κ1) is 37.7. The molecule has 278 valence electrons. The summed E-state index contributed by atoms with van der Waals surface area (Å²) in [5, 5.41) is 13.7. The SMILES string of the molecule is CCN(CC)c1ccc(N2C/C=C\CCC(=O)N[C@@H](C)[C@H](c3ccccc3)OC(=O)[C@H]3[C@@H]4O[C@@]5(C=C4Br)[C@@H]3C(=O)N([C@@H](CO)C(C)C)[C@@H]5C2=O)cc1. The molecule has 2 aromatic carbocycles. The van der Waals surface area contributed by atoms with Crippen molar-refractivity contribution in [1.29, 1.82) is 0 Å². The van der Waals surface area contributed by atoms with Crippen LogP contribution in [0, 0.1) is 17.8 Å². The van der Waals surface area contributed by atoms with E-state index in [0.717, 1.165) is 18.8 Å². The number of nitrogens with zero attached hydrogens (tertiary/aromatic N) is 3. The number of aliphatic hydroxyl groups excluding tert-OH is 1. The van der Waals surface area contributed by atoms with Crippen molar-refractivity contribution >= 4 is 51.0 Å². The third-order valence-electron chi connectivity index (χ3n) is 10.9. The van der Waals surface area contributed by atoms with Crippen molar-refractivity contribution in [3.05, 3.63) is 82.9 Å². The quantitative estimate of drug-likeness (QED) is 0.287. The van der Waals surface area contributed by atoms with Crippen LogP contribution >= 0.6 is 15.9 Å². The first-order valence-electron chi connectivity index (χ1n) is 18.3. The molecular weight excluding hydrogens is 728 g/mol. The van der Waals surface area contributed by atoms with Gasteiger partial charge in [-0.1, -0.05) is 72.3 Å². The van der Waals surface area contributed by atoms with E-state index < -0.39 is 65.6 Å². The van der Waals surface area contributed by atoms with Gasteiger partial charge in [0.15, 0.2) is 0 Å². The maximum Gasteiger partial charge on any atom is 0.313 e. The fraction of sp³-hybridized carbons (Fsp3) is 0.500. The van der Waals surface area contributed by atoms with Gasteiger partial charge in [-0.2, -0.15) is 0 Å². The van der Waals surface area contributed by atoms with E-state index >= 15 is 4.79 Å². The number of nitrogens with one attached hydrogen (secondary N) is 1. The summed E-state index contributed by atoms with van der Waals surface area (Å²) in [6, 6.07) is 14.4. The van der Waals surface area contributed by atoms with Crippen molar-refractivity contribution in [3.8, 4) is 0 Å². The average Bonchev–Trinajstić information content (AvgIpc) is 3.72. The van der Waals surface area contributed by atoms with Gasteiger partial charge in [-0.15, -0.1) is 0 Å². The van der Waals surface area contributed by atoms with Gasteiger partial charge in [0.25, 0.3) is 5.91 Å². The first-order valence-corrected chi connectivity index (χ1v) is 19.1. The summed E-state index contributed by atoms with van der Waals surface area (Å²) in [7, 11) is 0. The predicted octanol–water partition coefficient (Wildman–Crippen LogP) is 4.90. The highest BCUT2D eigenvalue weighted by atomic mass is 79.9. The van der Waals surface area contributed by atoms with Crippen molar-refractivity contribution in [2.45, 2.75) is 83.4 Å². The van der Waals surface area contributed by atoms with Gasteiger partial charge >= 0.3 is 5.97 Å². The van der Waals surface area contributed by atoms with Crippen LogP contribution in [0.4, 0.5) is 11.4 Å². The second-order valence-electron chi connectivity index (χ2n) is 14.3. The average molecular weight is 778 g/mol. The lowest BCUT2D eigenvalue weighted by molar-refractivity contribution is -0.162. The Balaban J connectivity index is 1.49. The lowest BCUT2D eigenvalue weighted by Crippen LogP contribution is -2.59. The van der Waals surface area contributed by atoms with Crippen LogP contribution in [0.25, 0.3) is 0 Å². The third-order valence-corrected chi connectivity index (χ3v) is 11.6. The number of carbonyl (C=O) groups excluding carboxylic acids is 4. The number of likely N-dealkylation sites (tertiary alicyclic amines) is 1. The maximum absolute atomic E-state index is 15.3. The van der Waals surface area contributed by atoms with Crippen LogP contribution < -0.4 is 15.1 Å². The lowest BCUT2D eigenvalue weighted by Gasteiger charge is -2.40. The molecule has 2 N–H and O–H groups in total. The van der Waals surface area contributed by atoms with Gasteiger partial charge in [0, 0.05) is 41.9 Å². The molecular formula is C40H49BrN4O7. The number of carbonyl (C=O) groups is 4. The van der Waals surface area contributed by atoms with Crippen molar-refractivity contribution in [2.75, 3.05) is 36.0 Å². The summed E-state index contributed by atoms with van der Waals surface area (Å²) in [6.07, 6.45) is 4.38. The molecule has 4 aliphatic heterocycles. The number of aliphatic hydroxyl groups is 1. The second-order valence-corrected chi connectivity index (χ2v) is 15.3. The molecule has 4 aliphatic rings. The van der Waals surface area contributed by atoms with Gasteiger partial charge in [-0.25, -0.2) is 0 Å². The molecule has 0 aliphatic carbocycles. The third kappa shape index (κ3) is 6.69. The number of esters is 1. The first-order chi connectivity index (χ1) is 25.0. The van der Waals surface area contributed by atoms with Gasteiger partial charge in [0.05, 0.1) is 24.6 Å². The van der Waals surface area contributed by atoms with Crippen LogP contribution in [-0.4, -0.2) is 89.8 Å². The molecule has 52 heavy (non-hydrogen) atoms. The van der Waals surface area contributed by atoms with Crippen LogP contribution in [0.15, 0.2) is 77.3 Å². The normalized spacial score (nSPS) is 30.6. The number of hydrogen-bond acceptors (Lipinski definition) is 8. The Morgan fingerprint density at radius 3 is 2.31 bits per heavy atom. The van der Waals surface area contributed by atoms with Gasteiger partial charge in [0.2, 0.25) is 11.8 Å². The second kappa shape index (κ2) is 15.5. The number of hydrogen-bond donors (Lipinski definition) is 2. The number of cyclic esters (lactones) is 1. The Bertz CT molecular complexity index is 1710. The minimum Gasteiger partial charge on any atom is -0.455 e. The largest absolute Gasteiger partial charge is 0.455 e. The smallest absolute Gasteiger partial charge is 0.313 e. The molecule has 8 atom stereocenters. The number of rotatable bonds is 8. The maximum atomic E-state index is 15.3. The minimum absolute atomic E-state index is 0.155. The van der Waals surface area contributed by atoms with E-state index in [-0.39, 0.29) is 31.4 Å². The summed E-state index contributed by atoms with van der Waals surface area (Å²) in [4.78, 5) is 63.0. The molecule has 4 heterocycles. The number of halogens is 1. The zero-order chi connectivity index (χ0) is 37.3. The molecule has 0 aromatic heterocycles. The molecule has 6 rings (SSSR count). The summed E-state index contributed by atoms with van der Waals surface area (Å²) < 4.78 is 13.5. The summed E-state index contributed by atoms with van der Waals surface area (Å²) in [5.74, 6) is -4.13. The Morgan fingerprint density at radius 2 is 1.67 bits per heavy atom. The molecule has 0 radical (unpaired) electrons.